The molecule has 2 aliphatic heterocycles. The van der Waals surface area contributed by atoms with E-state index >= 15 is 0 Å². The van der Waals surface area contributed by atoms with Gasteiger partial charge < -0.3 is 10.6 Å². The molecule has 2 unspecified atom stereocenters. The first-order valence-electron chi connectivity index (χ1n) is 5.81. The van der Waals surface area contributed by atoms with Crippen LogP contribution in [0.3, 0.4) is 0 Å². The zero-order chi connectivity index (χ0) is 11.0. The first-order valence-corrected chi connectivity index (χ1v) is 6.89. The van der Waals surface area contributed by atoms with Crippen LogP contribution in [0, 0.1) is 3.70 Å². The van der Waals surface area contributed by atoms with Crippen LogP contribution in [0.4, 0.5) is 5.82 Å². The second-order valence-electron chi connectivity index (χ2n) is 4.69. The van der Waals surface area contributed by atoms with E-state index in [-0.39, 0.29) is 0 Å². The Morgan fingerprint density at radius 2 is 1.94 bits per heavy atom. The van der Waals surface area contributed by atoms with Crippen LogP contribution in [-0.2, 0) is 0 Å². The van der Waals surface area contributed by atoms with Crippen molar-refractivity contribution in [2.45, 2.75) is 43.8 Å². The van der Waals surface area contributed by atoms with Gasteiger partial charge in [-0.2, -0.15) is 0 Å². The van der Waals surface area contributed by atoms with Gasteiger partial charge in [0.05, 0.1) is 0 Å². The summed E-state index contributed by atoms with van der Waals surface area (Å²) in [7, 11) is 0. The van der Waals surface area contributed by atoms with E-state index in [1.807, 2.05) is 12.1 Å². The molecule has 1 aromatic heterocycles. The third kappa shape index (κ3) is 2.29. The predicted molar refractivity (Wildman–Crippen MR) is 71.3 cm³/mol. The van der Waals surface area contributed by atoms with Gasteiger partial charge in [-0.15, -0.1) is 10.2 Å². The molecule has 3 rings (SSSR count). The summed E-state index contributed by atoms with van der Waals surface area (Å²) < 4.78 is 0.938. The van der Waals surface area contributed by atoms with Crippen molar-refractivity contribution in [2.24, 2.45) is 0 Å². The van der Waals surface area contributed by atoms with Crippen LogP contribution in [0.25, 0.3) is 0 Å². The van der Waals surface area contributed by atoms with Crippen LogP contribution in [0.1, 0.15) is 25.7 Å². The predicted octanol–water partition coefficient (Wildman–Crippen LogP) is 1.78. The van der Waals surface area contributed by atoms with Crippen molar-refractivity contribution in [1.82, 2.24) is 15.5 Å². The molecule has 2 bridgehead atoms. The molecule has 2 atom stereocenters. The monoisotopic (exact) mass is 330 g/mol. The Balaban J connectivity index is 1.64. The Labute approximate surface area is 109 Å². The quantitative estimate of drug-likeness (QED) is 0.812. The van der Waals surface area contributed by atoms with Gasteiger partial charge in [0.1, 0.15) is 9.52 Å². The number of piperidine rings is 1. The van der Waals surface area contributed by atoms with Crippen LogP contribution in [0.2, 0.25) is 0 Å². The van der Waals surface area contributed by atoms with Crippen molar-refractivity contribution < 1.29 is 0 Å². The molecule has 0 aliphatic carbocycles. The van der Waals surface area contributed by atoms with E-state index in [4.69, 9.17) is 0 Å². The van der Waals surface area contributed by atoms with E-state index in [1.165, 1.54) is 25.7 Å². The number of halogens is 1. The van der Waals surface area contributed by atoms with Gasteiger partial charge in [-0.3, -0.25) is 0 Å². The Kier molecular flexibility index (Phi) is 2.97. The zero-order valence-corrected chi connectivity index (χ0v) is 11.1. The molecule has 2 aliphatic rings. The minimum absolute atomic E-state index is 0.563. The minimum Gasteiger partial charge on any atom is -0.366 e. The standard InChI is InChI=1S/C11H15IN4/c12-10-3-4-11(16-15-10)14-9-5-7-1-2-8(6-9)13-7/h3-4,7-9,13H,1-2,5-6H2,(H,14,16). The highest BCUT2D eigenvalue weighted by molar-refractivity contribution is 14.1. The van der Waals surface area contributed by atoms with Crippen LogP contribution in [0.5, 0.6) is 0 Å². The summed E-state index contributed by atoms with van der Waals surface area (Å²) in [5.74, 6) is 0.909. The molecule has 0 spiro atoms. The molecular formula is C11H15IN4. The molecule has 2 N–H and O–H groups in total. The van der Waals surface area contributed by atoms with Gasteiger partial charge in [-0.25, -0.2) is 0 Å². The third-order valence-corrected chi connectivity index (χ3v) is 4.03. The van der Waals surface area contributed by atoms with Gasteiger partial charge in [0.25, 0.3) is 0 Å². The van der Waals surface area contributed by atoms with E-state index in [9.17, 15) is 0 Å². The summed E-state index contributed by atoms with van der Waals surface area (Å²) in [4.78, 5) is 0. The molecule has 2 fully saturated rings. The summed E-state index contributed by atoms with van der Waals surface area (Å²) in [5.41, 5.74) is 0. The molecule has 3 heterocycles. The molecule has 1 aromatic rings. The van der Waals surface area contributed by atoms with Gasteiger partial charge in [0.2, 0.25) is 0 Å². The van der Waals surface area contributed by atoms with Crippen molar-refractivity contribution in [3.8, 4) is 0 Å². The average molecular weight is 330 g/mol. The van der Waals surface area contributed by atoms with Crippen molar-refractivity contribution in [3.63, 3.8) is 0 Å². The fraction of sp³-hybridized carbons (Fsp3) is 0.636. The fourth-order valence-electron chi connectivity index (χ4n) is 2.78. The maximum Gasteiger partial charge on any atom is 0.148 e. The molecule has 86 valence electrons. The van der Waals surface area contributed by atoms with Crippen LogP contribution in [-0.4, -0.2) is 28.3 Å². The second kappa shape index (κ2) is 4.44. The lowest BCUT2D eigenvalue weighted by Gasteiger charge is -2.29. The average Bonchev–Trinajstić information content (AvgIpc) is 2.62. The lowest BCUT2D eigenvalue weighted by Crippen LogP contribution is -2.43. The number of aromatic nitrogens is 2. The van der Waals surface area contributed by atoms with Gasteiger partial charge in [-0.1, -0.05) is 0 Å². The number of nitrogens with one attached hydrogen (secondary N) is 2. The van der Waals surface area contributed by atoms with Crippen molar-refractivity contribution >= 4 is 28.4 Å². The van der Waals surface area contributed by atoms with Crippen molar-refractivity contribution in [3.05, 3.63) is 15.8 Å². The van der Waals surface area contributed by atoms with E-state index in [2.05, 4.69) is 43.4 Å². The number of fused-ring (bicyclic) bond motifs is 2. The first-order chi connectivity index (χ1) is 7.79. The maximum absolute atomic E-state index is 4.15. The Morgan fingerprint density at radius 3 is 2.56 bits per heavy atom. The lowest BCUT2D eigenvalue weighted by molar-refractivity contribution is 0.377. The summed E-state index contributed by atoms with van der Waals surface area (Å²) in [6, 6.07) is 6.00. The molecular weight excluding hydrogens is 315 g/mol. The SMILES string of the molecule is Ic1ccc(NC2CC3CCC(C2)N3)nn1. The number of hydrogen-bond acceptors (Lipinski definition) is 4. The topological polar surface area (TPSA) is 49.8 Å². The van der Waals surface area contributed by atoms with Crippen LogP contribution >= 0.6 is 22.6 Å². The van der Waals surface area contributed by atoms with E-state index in [0.717, 1.165) is 9.52 Å². The number of nitrogens with zero attached hydrogens (tertiary/aromatic N) is 2. The highest BCUT2D eigenvalue weighted by Crippen LogP contribution is 2.28. The fourth-order valence-corrected chi connectivity index (χ4v) is 3.06. The number of anilines is 1. The van der Waals surface area contributed by atoms with Crippen molar-refractivity contribution in [1.29, 1.82) is 0 Å². The third-order valence-electron chi connectivity index (χ3n) is 3.46. The molecule has 0 aromatic carbocycles. The smallest absolute Gasteiger partial charge is 0.148 e. The van der Waals surface area contributed by atoms with Gasteiger partial charge in [0, 0.05) is 18.1 Å². The van der Waals surface area contributed by atoms with Gasteiger partial charge in [-0.05, 0) is 60.4 Å². The van der Waals surface area contributed by atoms with Crippen LogP contribution < -0.4 is 10.6 Å². The second-order valence-corrected chi connectivity index (χ2v) is 5.80. The molecule has 2 saturated heterocycles. The molecule has 5 heteroatoms. The van der Waals surface area contributed by atoms with Gasteiger partial charge in [0.15, 0.2) is 0 Å². The van der Waals surface area contributed by atoms with Crippen molar-refractivity contribution in [2.75, 3.05) is 5.32 Å². The summed E-state index contributed by atoms with van der Waals surface area (Å²) in [5, 5.41) is 15.3. The molecule has 4 nitrogen and oxygen atoms in total. The van der Waals surface area contributed by atoms with E-state index in [0.29, 0.717) is 18.1 Å². The molecule has 16 heavy (non-hydrogen) atoms. The van der Waals surface area contributed by atoms with E-state index in [1.54, 1.807) is 0 Å². The Hall–Kier alpha value is -0.430. The number of rotatable bonds is 2. The highest BCUT2D eigenvalue weighted by atomic mass is 127. The highest BCUT2D eigenvalue weighted by Gasteiger charge is 2.33. The first kappa shape index (κ1) is 10.7. The molecule has 0 saturated carbocycles. The summed E-state index contributed by atoms with van der Waals surface area (Å²) in [6.45, 7) is 0. The van der Waals surface area contributed by atoms with E-state index < -0.39 is 0 Å². The zero-order valence-electron chi connectivity index (χ0n) is 8.99. The Morgan fingerprint density at radius 1 is 1.19 bits per heavy atom. The maximum atomic E-state index is 4.15. The normalized spacial score (nSPS) is 32.7. The lowest BCUT2D eigenvalue weighted by atomic mass is 10.00. The number of hydrogen-bond donors (Lipinski definition) is 2. The summed E-state index contributed by atoms with van der Waals surface area (Å²) >= 11 is 2.17. The molecule has 0 radical (unpaired) electrons. The van der Waals surface area contributed by atoms with Crippen LogP contribution in [0.15, 0.2) is 12.1 Å². The largest absolute Gasteiger partial charge is 0.366 e. The summed E-state index contributed by atoms with van der Waals surface area (Å²) in [6.07, 6.45) is 5.09. The van der Waals surface area contributed by atoms with Gasteiger partial charge >= 0.3 is 0 Å². The minimum atomic E-state index is 0.563. The Bertz CT molecular complexity index is 355. The molecule has 0 amide bonds.